The number of nitriles is 1. The van der Waals surface area contributed by atoms with Gasteiger partial charge in [0.25, 0.3) is 0 Å². The van der Waals surface area contributed by atoms with Gasteiger partial charge in [-0.2, -0.15) is 5.26 Å². The zero-order valence-corrected chi connectivity index (χ0v) is 9.23. The molecule has 15 heavy (non-hydrogen) atoms. The number of hydrogen-bond donors (Lipinski definition) is 0. The summed E-state index contributed by atoms with van der Waals surface area (Å²) in [5.41, 5.74) is 1.22. The summed E-state index contributed by atoms with van der Waals surface area (Å²) in [5.74, 6) is 0.838. The van der Waals surface area contributed by atoms with Crippen molar-refractivity contribution in [3.05, 3.63) is 29.8 Å². The van der Waals surface area contributed by atoms with Gasteiger partial charge in [-0.25, -0.2) is 0 Å². The molecule has 0 spiro atoms. The van der Waals surface area contributed by atoms with Crippen LogP contribution in [-0.2, 0) is 6.54 Å². The van der Waals surface area contributed by atoms with Gasteiger partial charge in [0.05, 0.1) is 12.5 Å². The smallest absolute Gasteiger partial charge is 0.119 e. The molecule has 0 atom stereocenters. The van der Waals surface area contributed by atoms with Crippen LogP contribution >= 0.6 is 0 Å². The minimum atomic E-state index is 0.428. The van der Waals surface area contributed by atoms with Crippen LogP contribution in [0.2, 0.25) is 0 Å². The average molecular weight is 204 g/mol. The Labute approximate surface area is 90.9 Å². The minimum absolute atomic E-state index is 0.428. The van der Waals surface area contributed by atoms with Crippen LogP contribution in [0.1, 0.15) is 12.0 Å². The minimum Gasteiger partial charge on any atom is -0.493 e. The van der Waals surface area contributed by atoms with E-state index in [1.807, 2.05) is 32.3 Å². The maximum absolute atomic E-state index is 8.38. The van der Waals surface area contributed by atoms with Crippen molar-refractivity contribution in [2.24, 2.45) is 0 Å². The Balaban J connectivity index is 2.54. The van der Waals surface area contributed by atoms with Crippen LogP contribution in [0.4, 0.5) is 0 Å². The van der Waals surface area contributed by atoms with Gasteiger partial charge in [0.15, 0.2) is 0 Å². The molecule has 0 unspecified atom stereocenters. The van der Waals surface area contributed by atoms with Gasteiger partial charge in [-0.05, 0) is 31.8 Å². The first kappa shape index (κ1) is 11.5. The van der Waals surface area contributed by atoms with E-state index >= 15 is 0 Å². The standard InChI is InChI=1S/C12H16N2O/c1-14(2)10-11-5-3-6-12(9-11)15-8-4-7-13/h3,5-6,9H,4,8,10H2,1-2H3. The molecule has 80 valence electrons. The van der Waals surface area contributed by atoms with Crippen LogP contribution in [0, 0.1) is 11.3 Å². The summed E-state index contributed by atoms with van der Waals surface area (Å²) in [4.78, 5) is 2.11. The molecule has 3 nitrogen and oxygen atoms in total. The molecule has 1 aromatic rings. The predicted octanol–water partition coefficient (Wildman–Crippen LogP) is 2.04. The highest BCUT2D eigenvalue weighted by molar-refractivity contribution is 5.28. The lowest BCUT2D eigenvalue weighted by molar-refractivity contribution is 0.325. The quantitative estimate of drug-likeness (QED) is 0.689. The molecule has 0 N–H and O–H groups in total. The van der Waals surface area contributed by atoms with Crippen LogP contribution in [-0.4, -0.2) is 25.6 Å². The molecule has 0 radical (unpaired) electrons. The highest BCUT2D eigenvalue weighted by atomic mass is 16.5. The van der Waals surface area contributed by atoms with Crippen molar-refractivity contribution >= 4 is 0 Å². The number of ether oxygens (including phenoxy) is 1. The summed E-state index contributed by atoms with van der Waals surface area (Å²) in [6.07, 6.45) is 0.428. The van der Waals surface area contributed by atoms with Crippen molar-refractivity contribution in [2.75, 3.05) is 20.7 Å². The van der Waals surface area contributed by atoms with Gasteiger partial charge in [0.1, 0.15) is 12.4 Å². The predicted molar refractivity (Wildman–Crippen MR) is 59.6 cm³/mol. The molecule has 0 aromatic heterocycles. The molecule has 0 fully saturated rings. The molecular weight excluding hydrogens is 188 g/mol. The Hall–Kier alpha value is -1.53. The highest BCUT2D eigenvalue weighted by Gasteiger charge is 1.98. The molecule has 0 bridgehead atoms. The van der Waals surface area contributed by atoms with Crippen molar-refractivity contribution < 1.29 is 4.74 Å². The molecular formula is C12H16N2O. The Morgan fingerprint density at radius 2 is 2.20 bits per heavy atom. The van der Waals surface area contributed by atoms with E-state index in [0.717, 1.165) is 12.3 Å². The summed E-state index contributed by atoms with van der Waals surface area (Å²) < 4.78 is 5.43. The fourth-order valence-corrected chi connectivity index (χ4v) is 1.31. The molecule has 0 saturated carbocycles. The van der Waals surface area contributed by atoms with Crippen molar-refractivity contribution in [3.63, 3.8) is 0 Å². The van der Waals surface area contributed by atoms with Crippen molar-refractivity contribution in [1.29, 1.82) is 5.26 Å². The van der Waals surface area contributed by atoms with Crippen molar-refractivity contribution in [3.8, 4) is 11.8 Å². The lowest BCUT2D eigenvalue weighted by Gasteiger charge is -2.11. The van der Waals surface area contributed by atoms with Crippen LogP contribution in [0.3, 0.4) is 0 Å². The normalized spacial score (nSPS) is 10.0. The van der Waals surface area contributed by atoms with E-state index in [1.54, 1.807) is 0 Å². The first-order chi connectivity index (χ1) is 7.22. The SMILES string of the molecule is CN(C)Cc1cccc(OCCC#N)c1. The molecule has 0 aliphatic heterocycles. The molecule has 3 heteroatoms. The van der Waals surface area contributed by atoms with Gasteiger partial charge in [-0.3, -0.25) is 0 Å². The van der Waals surface area contributed by atoms with E-state index in [2.05, 4.69) is 17.0 Å². The summed E-state index contributed by atoms with van der Waals surface area (Å²) in [6.45, 7) is 1.36. The van der Waals surface area contributed by atoms with Gasteiger partial charge < -0.3 is 9.64 Å². The third kappa shape index (κ3) is 4.48. The Bertz CT molecular complexity index is 342. The first-order valence-corrected chi connectivity index (χ1v) is 4.96. The van der Waals surface area contributed by atoms with Gasteiger partial charge in [-0.15, -0.1) is 0 Å². The average Bonchev–Trinajstić information content (AvgIpc) is 2.18. The van der Waals surface area contributed by atoms with Crippen LogP contribution in [0.5, 0.6) is 5.75 Å². The number of benzene rings is 1. The molecule has 0 heterocycles. The topological polar surface area (TPSA) is 36.3 Å². The van der Waals surface area contributed by atoms with Crippen molar-refractivity contribution in [1.82, 2.24) is 4.90 Å². The van der Waals surface area contributed by atoms with E-state index in [0.29, 0.717) is 13.0 Å². The van der Waals surface area contributed by atoms with E-state index in [9.17, 15) is 0 Å². The second-order valence-corrected chi connectivity index (χ2v) is 3.64. The number of nitrogens with zero attached hydrogens (tertiary/aromatic N) is 2. The van der Waals surface area contributed by atoms with Crippen LogP contribution in [0.25, 0.3) is 0 Å². The monoisotopic (exact) mass is 204 g/mol. The van der Waals surface area contributed by atoms with E-state index in [4.69, 9.17) is 10.00 Å². The van der Waals surface area contributed by atoms with Crippen LogP contribution < -0.4 is 4.74 Å². The van der Waals surface area contributed by atoms with Gasteiger partial charge >= 0.3 is 0 Å². The molecule has 1 rings (SSSR count). The van der Waals surface area contributed by atoms with Gasteiger partial charge in [0, 0.05) is 6.54 Å². The Morgan fingerprint density at radius 3 is 2.87 bits per heavy atom. The second-order valence-electron chi connectivity index (χ2n) is 3.64. The highest BCUT2D eigenvalue weighted by Crippen LogP contribution is 2.14. The van der Waals surface area contributed by atoms with Crippen molar-refractivity contribution in [2.45, 2.75) is 13.0 Å². The third-order valence-corrected chi connectivity index (χ3v) is 1.88. The van der Waals surface area contributed by atoms with Gasteiger partial charge in [-0.1, -0.05) is 12.1 Å². The summed E-state index contributed by atoms with van der Waals surface area (Å²) in [5, 5.41) is 8.38. The van der Waals surface area contributed by atoms with Gasteiger partial charge in [0.2, 0.25) is 0 Å². The summed E-state index contributed by atoms with van der Waals surface area (Å²) in [7, 11) is 4.06. The molecule has 0 amide bonds. The maximum Gasteiger partial charge on any atom is 0.119 e. The molecule has 1 aromatic carbocycles. The maximum atomic E-state index is 8.38. The fourth-order valence-electron chi connectivity index (χ4n) is 1.31. The zero-order chi connectivity index (χ0) is 11.1. The largest absolute Gasteiger partial charge is 0.493 e. The Kier molecular flexibility index (Phi) is 4.65. The second kappa shape index (κ2) is 6.05. The zero-order valence-electron chi connectivity index (χ0n) is 9.23. The van der Waals surface area contributed by atoms with E-state index in [-0.39, 0.29) is 0 Å². The molecule has 0 saturated heterocycles. The van der Waals surface area contributed by atoms with E-state index in [1.165, 1.54) is 5.56 Å². The van der Waals surface area contributed by atoms with Crippen LogP contribution in [0.15, 0.2) is 24.3 Å². The molecule has 0 aliphatic rings. The third-order valence-electron chi connectivity index (χ3n) is 1.88. The fraction of sp³-hybridized carbons (Fsp3) is 0.417. The lowest BCUT2D eigenvalue weighted by Crippen LogP contribution is -2.10. The Morgan fingerprint density at radius 1 is 1.40 bits per heavy atom. The number of rotatable bonds is 5. The summed E-state index contributed by atoms with van der Waals surface area (Å²) >= 11 is 0. The first-order valence-electron chi connectivity index (χ1n) is 4.96. The summed E-state index contributed by atoms with van der Waals surface area (Å²) in [6, 6.07) is 10.0. The lowest BCUT2D eigenvalue weighted by atomic mass is 10.2. The number of hydrogen-bond acceptors (Lipinski definition) is 3. The molecule has 0 aliphatic carbocycles. The van der Waals surface area contributed by atoms with E-state index < -0.39 is 0 Å².